The summed E-state index contributed by atoms with van der Waals surface area (Å²) in [4.78, 5) is 0. The zero-order chi connectivity index (χ0) is 15.7. The van der Waals surface area contributed by atoms with Gasteiger partial charge in [0.15, 0.2) is 0 Å². The minimum absolute atomic E-state index is 0.0124. The molecule has 0 amide bonds. The Morgan fingerprint density at radius 1 is 1.19 bits per heavy atom. The second-order valence-electron chi connectivity index (χ2n) is 6.39. The first-order chi connectivity index (χ1) is 9.90. The third-order valence-electron chi connectivity index (χ3n) is 3.08. The van der Waals surface area contributed by atoms with Crippen molar-refractivity contribution >= 4 is 0 Å². The van der Waals surface area contributed by atoms with Gasteiger partial charge in [0.05, 0.1) is 6.61 Å². The highest BCUT2D eigenvalue weighted by Gasteiger charge is 2.09. The molecule has 2 nitrogen and oxygen atoms in total. The third-order valence-corrected chi connectivity index (χ3v) is 3.08. The van der Waals surface area contributed by atoms with Crippen LogP contribution in [0.4, 0.5) is 4.39 Å². The van der Waals surface area contributed by atoms with Crippen molar-refractivity contribution in [3.8, 4) is 5.75 Å². The van der Waals surface area contributed by atoms with Gasteiger partial charge >= 0.3 is 0 Å². The molecular weight excluding hydrogens is 265 g/mol. The molecule has 0 saturated heterocycles. The lowest BCUT2D eigenvalue weighted by molar-refractivity contribution is 0.303. The standard InChI is InChI=1S/C18H28FNO/c1-5-6-7-8-9-10-21-17-12-15(11-16(19)13-17)14-20-18(2,3)4/h5,11-13,20H,1,6-10,14H2,2-4H3. The third kappa shape index (κ3) is 8.51. The highest BCUT2D eigenvalue weighted by atomic mass is 19.1. The van der Waals surface area contributed by atoms with E-state index in [0.29, 0.717) is 18.9 Å². The molecule has 0 radical (unpaired) electrons. The van der Waals surface area contributed by atoms with Gasteiger partial charge in [-0.25, -0.2) is 4.39 Å². The second-order valence-corrected chi connectivity index (χ2v) is 6.39. The number of ether oxygens (including phenoxy) is 1. The summed E-state index contributed by atoms with van der Waals surface area (Å²) in [5.41, 5.74) is 0.921. The molecule has 21 heavy (non-hydrogen) atoms. The molecule has 0 bridgehead atoms. The van der Waals surface area contributed by atoms with Gasteiger partial charge in [-0.2, -0.15) is 0 Å². The summed E-state index contributed by atoms with van der Waals surface area (Å²) in [7, 11) is 0. The molecule has 1 aromatic rings. The molecular formula is C18H28FNO. The molecule has 1 N–H and O–H groups in total. The first kappa shape index (κ1) is 17.7. The summed E-state index contributed by atoms with van der Waals surface area (Å²) in [5, 5.41) is 3.35. The van der Waals surface area contributed by atoms with Crippen LogP contribution in [0, 0.1) is 5.82 Å². The molecule has 0 fully saturated rings. The molecule has 0 heterocycles. The highest BCUT2D eigenvalue weighted by molar-refractivity contribution is 5.29. The van der Waals surface area contributed by atoms with Crippen molar-refractivity contribution < 1.29 is 9.13 Å². The molecule has 0 aromatic heterocycles. The summed E-state index contributed by atoms with van der Waals surface area (Å²) in [6, 6.07) is 4.91. The molecule has 118 valence electrons. The van der Waals surface area contributed by atoms with Crippen LogP contribution in [0.15, 0.2) is 30.9 Å². The van der Waals surface area contributed by atoms with Crippen molar-refractivity contribution in [3.63, 3.8) is 0 Å². The van der Waals surface area contributed by atoms with E-state index < -0.39 is 0 Å². The molecule has 0 aliphatic carbocycles. The van der Waals surface area contributed by atoms with Crippen LogP contribution in [-0.2, 0) is 6.54 Å². The minimum atomic E-state index is -0.245. The van der Waals surface area contributed by atoms with Crippen molar-refractivity contribution in [2.45, 2.75) is 58.5 Å². The van der Waals surface area contributed by atoms with E-state index in [1.165, 1.54) is 6.07 Å². The predicted octanol–water partition coefficient (Wildman–Crippen LogP) is 4.84. The van der Waals surface area contributed by atoms with Gasteiger partial charge in [0.2, 0.25) is 0 Å². The Morgan fingerprint density at radius 3 is 2.62 bits per heavy atom. The number of nitrogens with one attached hydrogen (secondary N) is 1. The predicted molar refractivity (Wildman–Crippen MR) is 87.2 cm³/mol. The Kier molecular flexibility index (Phi) is 7.44. The van der Waals surface area contributed by atoms with Crippen LogP contribution < -0.4 is 10.1 Å². The number of hydrogen-bond donors (Lipinski definition) is 1. The van der Waals surface area contributed by atoms with Crippen molar-refractivity contribution in [1.29, 1.82) is 0 Å². The normalized spacial score (nSPS) is 11.4. The fourth-order valence-electron chi connectivity index (χ4n) is 1.93. The summed E-state index contributed by atoms with van der Waals surface area (Å²) in [6.45, 7) is 11.2. The zero-order valence-electron chi connectivity index (χ0n) is 13.5. The first-order valence-corrected chi connectivity index (χ1v) is 7.69. The van der Waals surface area contributed by atoms with Gasteiger partial charge in [-0.15, -0.1) is 6.58 Å². The quantitative estimate of drug-likeness (QED) is 0.519. The topological polar surface area (TPSA) is 21.3 Å². The van der Waals surface area contributed by atoms with E-state index in [4.69, 9.17) is 4.74 Å². The van der Waals surface area contributed by atoms with E-state index >= 15 is 0 Å². The maximum Gasteiger partial charge on any atom is 0.127 e. The lowest BCUT2D eigenvalue weighted by atomic mass is 10.1. The van der Waals surface area contributed by atoms with E-state index in [1.54, 1.807) is 6.07 Å². The van der Waals surface area contributed by atoms with Crippen LogP contribution in [0.5, 0.6) is 5.75 Å². The maximum atomic E-state index is 13.6. The van der Waals surface area contributed by atoms with E-state index in [2.05, 4.69) is 32.7 Å². The Labute approximate surface area is 128 Å². The van der Waals surface area contributed by atoms with Crippen LogP contribution in [0.2, 0.25) is 0 Å². The molecule has 3 heteroatoms. The number of allylic oxidation sites excluding steroid dienone is 1. The Balaban J connectivity index is 2.43. The lowest BCUT2D eigenvalue weighted by Gasteiger charge is -2.20. The van der Waals surface area contributed by atoms with Crippen molar-refractivity contribution in [3.05, 3.63) is 42.2 Å². The molecule has 0 unspecified atom stereocenters. The van der Waals surface area contributed by atoms with Crippen molar-refractivity contribution in [2.75, 3.05) is 6.61 Å². The van der Waals surface area contributed by atoms with E-state index in [-0.39, 0.29) is 11.4 Å². The van der Waals surface area contributed by atoms with E-state index in [0.717, 1.165) is 31.2 Å². The van der Waals surface area contributed by atoms with Crippen molar-refractivity contribution in [1.82, 2.24) is 5.32 Å². The number of rotatable bonds is 9. The number of hydrogen-bond acceptors (Lipinski definition) is 2. The number of benzene rings is 1. The SMILES string of the molecule is C=CCCCCCOc1cc(F)cc(CNC(C)(C)C)c1. The Bertz CT molecular complexity index is 437. The highest BCUT2D eigenvalue weighted by Crippen LogP contribution is 2.18. The van der Waals surface area contributed by atoms with Crippen LogP contribution >= 0.6 is 0 Å². The van der Waals surface area contributed by atoms with Crippen LogP contribution in [0.3, 0.4) is 0 Å². The first-order valence-electron chi connectivity index (χ1n) is 7.69. The van der Waals surface area contributed by atoms with Gasteiger partial charge in [-0.3, -0.25) is 0 Å². The number of unbranched alkanes of at least 4 members (excludes halogenated alkanes) is 3. The van der Waals surface area contributed by atoms with Gasteiger partial charge in [-0.05, 0) is 64.2 Å². The van der Waals surface area contributed by atoms with E-state index in [1.807, 2.05) is 12.1 Å². The largest absolute Gasteiger partial charge is 0.493 e. The molecule has 1 rings (SSSR count). The maximum absolute atomic E-state index is 13.6. The van der Waals surface area contributed by atoms with Gasteiger partial charge in [-0.1, -0.05) is 6.08 Å². The molecule has 1 aromatic carbocycles. The molecule has 0 aliphatic rings. The molecule has 0 atom stereocenters. The van der Waals surface area contributed by atoms with Crippen molar-refractivity contribution in [2.24, 2.45) is 0 Å². The fourth-order valence-corrected chi connectivity index (χ4v) is 1.93. The Morgan fingerprint density at radius 2 is 1.95 bits per heavy atom. The van der Waals surface area contributed by atoms with Crippen LogP contribution in [-0.4, -0.2) is 12.1 Å². The molecule has 0 aliphatic heterocycles. The molecule has 0 spiro atoms. The monoisotopic (exact) mass is 293 g/mol. The van der Waals surface area contributed by atoms with Gasteiger partial charge in [0.1, 0.15) is 11.6 Å². The number of halogens is 1. The Hall–Kier alpha value is -1.35. The summed E-state index contributed by atoms with van der Waals surface area (Å²) in [5.74, 6) is 0.370. The molecule has 0 saturated carbocycles. The zero-order valence-corrected chi connectivity index (χ0v) is 13.5. The van der Waals surface area contributed by atoms with Gasteiger partial charge in [0, 0.05) is 18.2 Å². The summed E-state index contributed by atoms with van der Waals surface area (Å²) in [6.07, 6.45) is 6.21. The van der Waals surface area contributed by atoms with Crippen LogP contribution in [0.1, 0.15) is 52.0 Å². The van der Waals surface area contributed by atoms with Gasteiger partial charge in [0.25, 0.3) is 0 Å². The average molecular weight is 293 g/mol. The van der Waals surface area contributed by atoms with Gasteiger partial charge < -0.3 is 10.1 Å². The minimum Gasteiger partial charge on any atom is -0.493 e. The summed E-state index contributed by atoms with van der Waals surface area (Å²) < 4.78 is 19.3. The van der Waals surface area contributed by atoms with E-state index in [9.17, 15) is 4.39 Å². The average Bonchev–Trinajstić information content (AvgIpc) is 2.39. The summed E-state index contributed by atoms with van der Waals surface area (Å²) >= 11 is 0. The smallest absolute Gasteiger partial charge is 0.127 e. The fraction of sp³-hybridized carbons (Fsp3) is 0.556. The van der Waals surface area contributed by atoms with Crippen LogP contribution in [0.25, 0.3) is 0 Å². The second kappa shape index (κ2) is 8.83. The lowest BCUT2D eigenvalue weighted by Crippen LogP contribution is -2.35.